The molecule has 2 heterocycles. The van der Waals surface area contributed by atoms with Crippen LogP contribution in [0, 0.1) is 5.92 Å². The second kappa shape index (κ2) is 15.4. The normalized spacial score (nSPS) is 18.4. The molecule has 8 nitrogen and oxygen atoms in total. The van der Waals surface area contributed by atoms with Gasteiger partial charge in [-0.25, -0.2) is 19.4 Å². The topological polar surface area (TPSA) is 93.2 Å². The minimum Gasteiger partial charge on any atom is -0.447 e. The number of ether oxygens (including phenoxy) is 2. The molecule has 6 rings (SSSR count). The lowest BCUT2D eigenvalue weighted by molar-refractivity contribution is -0.133. The number of imide groups is 2. The SMILES string of the molecule is O=C1OC[C@H](Cc2ccccc2)N1C(=O)/C(=C/C[C@H](Cc1ccccc1)C(=O)N1C(=O)OC[C@@H]1Cc1ccccc1)Cc1ccccc1. The lowest BCUT2D eigenvalue weighted by Crippen LogP contribution is -2.44. The lowest BCUT2D eigenvalue weighted by Gasteiger charge is -2.25. The van der Waals surface area contributed by atoms with Crippen LogP contribution in [0.5, 0.6) is 0 Å². The molecule has 4 aromatic carbocycles. The molecule has 2 aliphatic heterocycles. The Hall–Kier alpha value is -5.50. The first-order chi connectivity index (χ1) is 23.5. The molecule has 244 valence electrons. The molecule has 2 saturated heterocycles. The number of nitrogens with zero attached hydrogens (tertiary/aromatic N) is 2. The second-order valence-corrected chi connectivity index (χ2v) is 12.2. The van der Waals surface area contributed by atoms with E-state index in [0.29, 0.717) is 24.8 Å². The molecule has 0 saturated carbocycles. The number of carbonyl (C=O) groups excluding carboxylic acids is 4. The van der Waals surface area contributed by atoms with Gasteiger partial charge in [0.1, 0.15) is 13.2 Å². The summed E-state index contributed by atoms with van der Waals surface area (Å²) in [6.07, 6.45) is 2.15. The van der Waals surface area contributed by atoms with Crippen molar-refractivity contribution in [3.63, 3.8) is 0 Å². The summed E-state index contributed by atoms with van der Waals surface area (Å²) >= 11 is 0. The number of rotatable bonds is 12. The van der Waals surface area contributed by atoms with E-state index in [1.165, 1.54) is 9.80 Å². The maximum Gasteiger partial charge on any atom is 0.417 e. The monoisotopic (exact) mass is 642 g/mol. The molecule has 0 radical (unpaired) electrons. The van der Waals surface area contributed by atoms with E-state index in [9.17, 15) is 19.2 Å². The zero-order valence-electron chi connectivity index (χ0n) is 26.7. The quantitative estimate of drug-likeness (QED) is 0.162. The van der Waals surface area contributed by atoms with E-state index < -0.39 is 36.1 Å². The zero-order valence-corrected chi connectivity index (χ0v) is 26.7. The van der Waals surface area contributed by atoms with Gasteiger partial charge in [0, 0.05) is 17.9 Å². The highest BCUT2D eigenvalue weighted by Crippen LogP contribution is 2.27. The number of hydrogen-bond donors (Lipinski definition) is 0. The standard InChI is InChI=1S/C40H38N2O6/c43-37(41-35(27-47-39(41)45)25-31-17-9-3-10-18-31)33(23-29-13-5-1-6-14-29)21-22-34(24-30-15-7-2-8-16-30)38(44)42-36(28-48-40(42)46)26-32-19-11-4-12-20-32/h1-21,34-36H,22-28H2/b33-21+/t34-,35+,36+/m1/s1. The van der Waals surface area contributed by atoms with Crippen molar-refractivity contribution in [2.45, 2.75) is 44.2 Å². The average molecular weight is 643 g/mol. The summed E-state index contributed by atoms with van der Waals surface area (Å²) in [4.78, 5) is 57.0. The van der Waals surface area contributed by atoms with Crippen LogP contribution < -0.4 is 0 Å². The van der Waals surface area contributed by atoms with Crippen molar-refractivity contribution in [1.82, 2.24) is 9.80 Å². The summed E-state index contributed by atoms with van der Waals surface area (Å²) in [5.41, 5.74) is 4.19. The van der Waals surface area contributed by atoms with Crippen molar-refractivity contribution >= 4 is 24.0 Å². The molecule has 4 amide bonds. The second-order valence-electron chi connectivity index (χ2n) is 12.2. The fraction of sp³-hybridized carbons (Fsp3) is 0.250. The Kier molecular flexibility index (Phi) is 10.4. The third-order valence-electron chi connectivity index (χ3n) is 8.84. The van der Waals surface area contributed by atoms with Crippen molar-refractivity contribution in [1.29, 1.82) is 0 Å². The molecule has 0 N–H and O–H groups in total. The van der Waals surface area contributed by atoms with Crippen LogP contribution >= 0.6 is 0 Å². The van der Waals surface area contributed by atoms with Crippen LogP contribution in [0.4, 0.5) is 9.59 Å². The fourth-order valence-electron chi connectivity index (χ4n) is 6.37. The molecule has 0 bridgehead atoms. The van der Waals surface area contributed by atoms with Gasteiger partial charge < -0.3 is 9.47 Å². The predicted octanol–water partition coefficient (Wildman–Crippen LogP) is 6.58. The molecule has 0 unspecified atom stereocenters. The van der Waals surface area contributed by atoms with Crippen LogP contribution in [-0.4, -0.2) is 59.1 Å². The van der Waals surface area contributed by atoms with E-state index in [4.69, 9.17) is 9.47 Å². The summed E-state index contributed by atoms with van der Waals surface area (Å²) < 4.78 is 10.8. The van der Waals surface area contributed by atoms with Gasteiger partial charge in [-0.15, -0.1) is 0 Å². The zero-order chi connectivity index (χ0) is 33.3. The van der Waals surface area contributed by atoms with Crippen LogP contribution in [0.3, 0.4) is 0 Å². The number of hydrogen-bond acceptors (Lipinski definition) is 6. The van der Waals surface area contributed by atoms with E-state index in [2.05, 4.69) is 0 Å². The molecule has 0 aliphatic carbocycles. The summed E-state index contributed by atoms with van der Waals surface area (Å²) in [5, 5.41) is 0. The molecule has 0 spiro atoms. The van der Waals surface area contributed by atoms with Gasteiger partial charge in [0.15, 0.2) is 0 Å². The lowest BCUT2D eigenvalue weighted by atomic mass is 9.91. The molecule has 2 fully saturated rings. The van der Waals surface area contributed by atoms with Crippen LogP contribution in [0.25, 0.3) is 0 Å². The summed E-state index contributed by atoms with van der Waals surface area (Å²) in [5.74, 6) is -1.47. The van der Waals surface area contributed by atoms with Gasteiger partial charge in [-0.05, 0) is 47.9 Å². The molecule has 2 aliphatic rings. The highest BCUT2D eigenvalue weighted by Gasteiger charge is 2.42. The van der Waals surface area contributed by atoms with Crippen LogP contribution in [0.1, 0.15) is 28.7 Å². The Morgan fingerprint density at radius 3 is 1.58 bits per heavy atom. The van der Waals surface area contributed by atoms with Crippen LogP contribution in [0.2, 0.25) is 0 Å². The highest BCUT2D eigenvalue weighted by atomic mass is 16.6. The number of benzene rings is 4. The van der Waals surface area contributed by atoms with Gasteiger partial charge in [-0.1, -0.05) is 127 Å². The molecular weight excluding hydrogens is 604 g/mol. The number of amides is 4. The summed E-state index contributed by atoms with van der Waals surface area (Å²) in [7, 11) is 0. The first-order valence-corrected chi connectivity index (χ1v) is 16.3. The Bertz CT molecular complexity index is 1740. The van der Waals surface area contributed by atoms with Crippen LogP contribution in [0.15, 0.2) is 133 Å². The molecular formula is C40H38N2O6. The van der Waals surface area contributed by atoms with Gasteiger partial charge in [0.05, 0.1) is 12.1 Å². The Balaban J connectivity index is 1.30. The Morgan fingerprint density at radius 2 is 1.06 bits per heavy atom. The molecule has 8 heteroatoms. The van der Waals surface area contributed by atoms with E-state index in [-0.39, 0.29) is 32.0 Å². The van der Waals surface area contributed by atoms with Crippen LogP contribution in [-0.2, 0) is 44.7 Å². The van der Waals surface area contributed by atoms with Crippen molar-refractivity contribution < 1.29 is 28.7 Å². The maximum absolute atomic E-state index is 14.3. The van der Waals surface area contributed by atoms with Gasteiger partial charge in [-0.2, -0.15) is 0 Å². The van der Waals surface area contributed by atoms with Gasteiger partial charge in [-0.3, -0.25) is 9.59 Å². The fourth-order valence-corrected chi connectivity index (χ4v) is 6.37. The van der Waals surface area contributed by atoms with E-state index >= 15 is 0 Å². The Labute approximate surface area is 280 Å². The summed E-state index contributed by atoms with van der Waals surface area (Å²) in [6, 6.07) is 37.6. The molecule has 3 atom stereocenters. The third-order valence-corrected chi connectivity index (χ3v) is 8.84. The third kappa shape index (κ3) is 7.89. The maximum atomic E-state index is 14.3. The van der Waals surface area contributed by atoms with Crippen molar-refractivity contribution in [2.24, 2.45) is 5.92 Å². The van der Waals surface area contributed by atoms with Crippen molar-refractivity contribution in [3.8, 4) is 0 Å². The first kappa shape index (κ1) is 32.4. The smallest absolute Gasteiger partial charge is 0.417 e. The van der Waals surface area contributed by atoms with E-state index in [1.54, 1.807) is 6.08 Å². The summed E-state index contributed by atoms with van der Waals surface area (Å²) in [6.45, 7) is 0.220. The highest BCUT2D eigenvalue weighted by molar-refractivity contribution is 6.04. The molecule has 4 aromatic rings. The average Bonchev–Trinajstić information content (AvgIpc) is 3.67. The van der Waals surface area contributed by atoms with Crippen molar-refractivity contribution in [2.75, 3.05) is 13.2 Å². The minimum atomic E-state index is -0.680. The van der Waals surface area contributed by atoms with E-state index in [0.717, 1.165) is 22.3 Å². The van der Waals surface area contributed by atoms with Gasteiger partial charge >= 0.3 is 12.2 Å². The van der Waals surface area contributed by atoms with Gasteiger partial charge in [0.2, 0.25) is 5.91 Å². The first-order valence-electron chi connectivity index (χ1n) is 16.3. The predicted molar refractivity (Wildman–Crippen MR) is 181 cm³/mol. The molecule has 0 aromatic heterocycles. The van der Waals surface area contributed by atoms with Crippen molar-refractivity contribution in [3.05, 3.63) is 155 Å². The van der Waals surface area contributed by atoms with Gasteiger partial charge in [0.25, 0.3) is 5.91 Å². The Morgan fingerprint density at radius 1 is 0.625 bits per heavy atom. The number of allylic oxidation sites excluding steroid dienone is 1. The minimum absolute atomic E-state index is 0.104. The largest absolute Gasteiger partial charge is 0.447 e. The molecule has 48 heavy (non-hydrogen) atoms. The number of carbonyl (C=O) groups is 4. The number of cyclic esters (lactones) is 2. The van der Waals surface area contributed by atoms with E-state index in [1.807, 2.05) is 121 Å².